The Kier molecular flexibility index (Phi) is 4.22. The number of hydrogen-bond acceptors (Lipinski definition) is 4. The quantitative estimate of drug-likeness (QED) is 0.871. The van der Waals surface area contributed by atoms with Crippen molar-refractivity contribution in [3.05, 3.63) is 47.7 Å². The molecule has 0 amide bonds. The van der Waals surface area contributed by atoms with Crippen LogP contribution in [0.2, 0.25) is 0 Å². The summed E-state index contributed by atoms with van der Waals surface area (Å²) in [6.07, 6.45) is 2.14. The van der Waals surface area contributed by atoms with E-state index in [0.29, 0.717) is 30.3 Å². The molecular formula is C13H14F2N4. The number of nitrogens with one attached hydrogen (secondary N) is 2. The summed E-state index contributed by atoms with van der Waals surface area (Å²) in [5.41, 5.74) is 0.605. The lowest BCUT2D eigenvalue weighted by atomic mass is 10.1. The molecule has 1 aromatic heterocycles. The summed E-state index contributed by atoms with van der Waals surface area (Å²) in [5.74, 6) is 0.0574. The van der Waals surface area contributed by atoms with Gasteiger partial charge in [-0.1, -0.05) is 0 Å². The third kappa shape index (κ3) is 3.87. The third-order valence-corrected chi connectivity index (χ3v) is 2.52. The molecule has 2 N–H and O–H groups in total. The normalized spacial score (nSPS) is 10.3. The number of anilines is 2. The molecule has 0 radical (unpaired) electrons. The lowest BCUT2D eigenvalue weighted by molar-refractivity contribution is 0.580. The van der Waals surface area contributed by atoms with E-state index in [1.807, 2.05) is 0 Å². The van der Waals surface area contributed by atoms with Crippen LogP contribution in [0.15, 0.2) is 30.5 Å². The first-order valence-corrected chi connectivity index (χ1v) is 5.87. The monoisotopic (exact) mass is 264 g/mol. The molecule has 0 aliphatic rings. The Labute approximate surface area is 109 Å². The highest BCUT2D eigenvalue weighted by Crippen LogP contribution is 2.09. The van der Waals surface area contributed by atoms with Crippen LogP contribution >= 0.6 is 0 Å². The molecule has 0 atom stereocenters. The molecule has 2 aromatic rings. The van der Waals surface area contributed by atoms with Gasteiger partial charge >= 0.3 is 0 Å². The van der Waals surface area contributed by atoms with Gasteiger partial charge in [-0.05, 0) is 30.2 Å². The van der Waals surface area contributed by atoms with Crippen molar-refractivity contribution in [2.75, 3.05) is 24.2 Å². The van der Waals surface area contributed by atoms with Gasteiger partial charge in [0.15, 0.2) is 0 Å². The first kappa shape index (κ1) is 13.2. The Morgan fingerprint density at radius 2 is 1.89 bits per heavy atom. The number of aromatic nitrogens is 2. The maximum atomic E-state index is 13.0. The van der Waals surface area contributed by atoms with Gasteiger partial charge < -0.3 is 10.6 Å². The van der Waals surface area contributed by atoms with Crippen LogP contribution in [0.1, 0.15) is 5.56 Å². The van der Waals surface area contributed by atoms with E-state index >= 15 is 0 Å². The number of hydrogen-bond donors (Lipinski definition) is 2. The van der Waals surface area contributed by atoms with Crippen LogP contribution in [-0.2, 0) is 6.42 Å². The van der Waals surface area contributed by atoms with Gasteiger partial charge in [0, 0.05) is 25.9 Å². The molecule has 0 aliphatic heterocycles. The molecule has 1 aromatic carbocycles. The summed E-state index contributed by atoms with van der Waals surface area (Å²) in [4.78, 5) is 8.16. The van der Waals surface area contributed by atoms with E-state index in [9.17, 15) is 8.78 Å². The molecule has 0 bridgehead atoms. The predicted octanol–water partition coefficient (Wildman–Crippen LogP) is 2.45. The van der Waals surface area contributed by atoms with Crippen molar-refractivity contribution in [2.24, 2.45) is 0 Å². The fourth-order valence-corrected chi connectivity index (χ4v) is 1.67. The average Bonchev–Trinajstić information content (AvgIpc) is 2.38. The molecule has 2 rings (SSSR count). The highest BCUT2D eigenvalue weighted by molar-refractivity contribution is 5.39. The zero-order chi connectivity index (χ0) is 13.7. The topological polar surface area (TPSA) is 49.8 Å². The number of nitrogens with zero attached hydrogens (tertiary/aromatic N) is 2. The number of halogens is 2. The van der Waals surface area contributed by atoms with E-state index in [4.69, 9.17) is 0 Å². The Morgan fingerprint density at radius 3 is 2.58 bits per heavy atom. The lowest BCUT2D eigenvalue weighted by Gasteiger charge is -2.07. The molecule has 19 heavy (non-hydrogen) atoms. The van der Waals surface area contributed by atoms with Crippen molar-refractivity contribution in [1.29, 1.82) is 0 Å². The molecular weight excluding hydrogens is 250 g/mol. The first-order chi connectivity index (χ1) is 9.17. The van der Waals surface area contributed by atoms with Crippen LogP contribution in [0, 0.1) is 11.6 Å². The van der Waals surface area contributed by atoms with E-state index in [1.54, 1.807) is 19.3 Å². The standard InChI is InChI=1S/C13H14F2N4/c1-16-13-18-5-3-12(19-13)17-4-2-9-6-10(14)8-11(15)7-9/h3,5-8H,2,4H2,1H3,(H2,16,17,18,19). The molecule has 0 aliphatic carbocycles. The Morgan fingerprint density at radius 1 is 1.16 bits per heavy atom. The van der Waals surface area contributed by atoms with Gasteiger partial charge in [-0.25, -0.2) is 13.8 Å². The number of benzene rings is 1. The molecule has 0 saturated heterocycles. The van der Waals surface area contributed by atoms with Crippen LogP contribution in [0.4, 0.5) is 20.5 Å². The van der Waals surface area contributed by atoms with E-state index in [0.717, 1.165) is 6.07 Å². The van der Waals surface area contributed by atoms with Crippen LogP contribution in [0.25, 0.3) is 0 Å². The SMILES string of the molecule is CNc1nccc(NCCc2cc(F)cc(F)c2)n1. The van der Waals surface area contributed by atoms with Crippen molar-refractivity contribution >= 4 is 11.8 Å². The van der Waals surface area contributed by atoms with Gasteiger partial charge in [-0.3, -0.25) is 0 Å². The summed E-state index contributed by atoms with van der Waals surface area (Å²) in [6.45, 7) is 0.531. The van der Waals surface area contributed by atoms with Gasteiger partial charge in [0.1, 0.15) is 17.5 Å². The van der Waals surface area contributed by atoms with Crippen molar-refractivity contribution < 1.29 is 8.78 Å². The Bertz CT molecular complexity index is 540. The smallest absolute Gasteiger partial charge is 0.224 e. The highest BCUT2D eigenvalue weighted by atomic mass is 19.1. The summed E-state index contributed by atoms with van der Waals surface area (Å²) in [7, 11) is 1.73. The largest absolute Gasteiger partial charge is 0.370 e. The van der Waals surface area contributed by atoms with Gasteiger partial charge in [0.25, 0.3) is 0 Å². The fourth-order valence-electron chi connectivity index (χ4n) is 1.67. The Balaban J connectivity index is 1.92. The number of rotatable bonds is 5. The minimum absolute atomic E-state index is 0.508. The zero-order valence-corrected chi connectivity index (χ0v) is 10.5. The molecule has 0 fully saturated rings. The van der Waals surface area contributed by atoms with Crippen molar-refractivity contribution in [1.82, 2.24) is 9.97 Å². The third-order valence-electron chi connectivity index (χ3n) is 2.52. The molecule has 1 heterocycles. The maximum absolute atomic E-state index is 13.0. The second-order valence-electron chi connectivity index (χ2n) is 3.97. The molecule has 0 unspecified atom stereocenters. The molecule has 0 saturated carbocycles. The van der Waals surface area contributed by atoms with Gasteiger partial charge in [0.05, 0.1) is 0 Å². The Hall–Kier alpha value is -2.24. The van der Waals surface area contributed by atoms with Gasteiger partial charge in [-0.15, -0.1) is 0 Å². The van der Waals surface area contributed by atoms with E-state index in [-0.39, 0.29) is 0 Å². The summed E-state index contributed by atoms with van der Waals surface area (Å²) in [6, 6.07) is 5.24. The molecule has 100 valence electrons. The second kappa shape index (κ2) is 6.08. The van der Waals surface area contributed by atoms with Gasteiger partial charge in [-0.2, -0.15) is 4.98 Å². The predicted molar refractivity (Wildman–Crippen MR) is 70.1 cm³/mol. The van der Waals surface area contributed by atoms with Crippen LogP contribution in [-0.4, -0.2) is 23.6 Å². The summed E-state index contributed by atoms with van der Waals surface area (Å²) >= 11 is 0. The van der Waals surface area contributed by atoms with Crippen molar-refractivity contribution in [3.8, 4) is 0 Å². The van der Waals surface area contributed by atoms with Crippen molar-refractivity contribution in [3.63, 3.8) is 0 Å². The van der Waals surface area contributed by atoms with Crippen LogP contribution < -0.4 is 10.6 Å². The van der Waals surface area contributed by atoms with Gasteiger partial charge in [0.2, 0.25) is 5.95 Å². The minimum atomic E-state index is -0.561. The highest BCUT2D eigenvalue weighted by Gasteiger charge is 2.01. The van der Waals surface area contributed by atoms with Crippen LogP contribution in [0.3, 0.4) is 0 Å². The fraction of sp³-hybridized carbons (Fsp3) is 0.231. The molecule has 6 heteroatoms. The summed E-state index contributed by atoms with van der Waals surface area (Å²) in [5, 5.41) is 5.90. The minimum Gasteiger partial charge on any atom is -0.370 e. The first-order valence-electron chi connectivity index (χ1n) is 5.87. The van der Waals surface area contributed by atoms with Crippen LogP contribution in [0.5, 0.6) is 0 Å². The average molecular weight is 264 g/mol. The van der Waals surface area contributed by atoms with E-state index < -0.39 is 11.6 Å². The lowest BCUT2D eigenvalue weighted by Crippen LogP contribution is -2.08. The second-order valence-corrected chi connectivity index (χ2v) is 3.97. The maximum Gasteiger partial charge on any atom is 0.224 e. The molecule has 4 nitrogen and oxygen atoms in total. The zero-order valence-electron chi connectivity index (χ0n) is 10.5. The van der Waals surface area contributed by atoms with E-state index in [2.05, 4.69) is 20.6 Å². The van der Waals surface area contributed by atoms with E-state index in [1.165, 1.54) is 12.1 Å². The summed E-state index contributed by atoms with van der Waals surface area (Å²) < 4.78 is 26.0. The van der Waals surface area contributed by atoms with Crippen molar-refractivity contribution in [2.45, 2.75) is 6.42 Å². The molecule has 0 spiro atoms.